The zero-order valence-electron chi connectivity index (χ0n) is 17.9. The predicted molar refractivity (Wildman–Crippen MR) is 113 cm³/mol. The molecule has 5 heterocycles. The third kappa shape index (κ3) is 3.11. The molecule has 1 aliphatic carbocycles. The van der Waals surface area contributed by atoms with E-state index in [0.29, 0.717) is 31.6 Å². The van der Waals surface area contributed by atoms with E-state index in [-0.39, 0.29) is 17.2 Å². The smallest absolute Gasteiger partial charge is 0.257 e. The van der Waals surface area contributed by atoms with Gasteiger partial charge in [0.05, 0.1) is 18.3 Å². The Bertz CT molecular complexity index is 1200. The third-order valence-corrected chi connectivity index (χ3v) is 7.06. The van der Waals surface area contributed by atoms with Crippen LogP contribution in [0.15, 0.2) is 41.4 Å². The lowest BCUT2D eigenvalue weighted by atomic mass is 9.99. The van der Waals surface area contributed by atoms with Gasteiger partial charge < -0.3 is 14.3 Å². The van der Waals surface area contributed by atoms with Crippen molar-refractivity contribution in [2.45, 2.75) is 38.3 Å². The Balaban J connectivity index is 1.26. The largest absolute Gasteiger partial charge is 0.360 e. The van der Waals surface area contributed by atoms with Crippen molar-refractivity contribution in [1.29, 1.82) is 0 Å². The molecule has 0 unspecified atom stereocenters. The summed E-state index contributed by atoms with van der Waals surface area (Å²) in [6.45, 7) is 1.65. The maximum absolute atomic E-state index is 13.7. The lowest BCUT2D eigenvalue weighted by Crippen LogP contribution is -2.49. The number of carbonyl (C=O) groups is 2. The number of aromatic nitrogens is 4. The Morgan fingerprint density at radius 2 is 2.03 bits per heavy atom. The predicted octanol–water partition coefficient (Wildman–Crippen LogP) is 2.05. The van der Waals surface area contributed by atoms with Crippen LogP contribution in [0.25, 0.3) is 11.3 Å². The fourth-order valence-electron chi connectivity index (χ4n) is 5.07. The van der Waals surface area contributed by atoms with Crippen LogP contribution in [-0.4, -0.2) is 60.7 Å². The summed E-state index contributed by atoms with van der Waals surface area (Å²) in [6.07, 6.45) is 10.2. The molecular formula is C23H24N6O3. The van der Waals surface area contributed by atoms with Gasteiger partial charge in [0.25, 0.3) is 5.91 Å². The van der Waals surface area contributed by atoms with Gasteiger partial charge in [0.1, 0.15) is 17.5 Å². The normalized spacial score (nSPS) is 21.1. The average Bonchev–Trinajstić information content (AvgIpc) is 3.15. The number of nitrogens with zero attached hydrogens (tertiary/aromatic N) is 6. The second-order valence-corrected chi connectivity index (χ2v) is 9.23. The molecule has 3 aromatic heterocycles. The topological polar surface area (TPSA) is 97.4 Å². The average molecular weight is 432 g/mol. The molecule has 3 aromatic rings. The van der Waals surface area contributed by atoms with Crippen molar-refractivity contribution in [1.82, 2.24) is 29.7 Å². The van der Waals surface area contributed by atoms with E-state index in [1.807, 2.05) is 17.0 Å². The van der Waals surface area contributed by atoms with Gasteiger partial charge in [0, 0.05) is 56.3 Å². The Hall–Kier alpha value is -3.49. The Labute approximate surface area is 185 Å². The number of hydrogen-bond acceptors (Lipinski definition) is 6. The standard InChI is InChI=1S/C23H24N6O3/c1-27-12-16(11-25-27)21(30)29-14-23(5-6-23)10-18(29)22(31)28-9-4-19-17(13-28)20(26-32-19)15-2-7-24-8-3-15/h2-3,7-8,11-12,18H,4-6,9-10,13-14H2,1H3/t18-/m0/s1. The molecule has 2 aliphatic heterocycles. The van der Waals surface area contributed by atoms with Crippen LogP contribution >= 0.6 is 0 Å². The van der Waals surface area contributed by atoms with Gasteiger partial charge >= 0.3 is 0 Å². The molecule has 1 saturated heterocycles. The quantitative estimate of drug-likeness (QED) is 0.628. The van der Waals surface area contributed by atoms with Crippen molar-refractivity contribution >= 4 is 11.8 Å². The maximum atomic E-state index is 13.7. The molecule has 0 radical (unpaired) electrons. The van der Waals surface area contributed by atoms with E-state index in [1.165, 1.54) is 0 Å². The van der Waals surface area contributed by atoms with Gasteiger partial charge in [-0.15, -0.1) is 0 Å². The molecule has 1 atom stereocenters. The molecule has 3 aliphatic rings. The minimum Gasteiger partial charge on any atom is -0.360 e. The summed E-state index contributed by atoms with van der Waals surface area (Å²) < 4.78 is 7.19. The van der Waals surface area contributed by atoms with Gasteiger partial charge in [-0.1, -0.05) is 5.16 Å². The SMILES string of the molecule is Cn1cc(C(=O)N2CC3(CC3)C[C@H]2C(=O)N2CCc3onc(-c4ccncc4)c3C2)cn1. The molecule has 6 rings (SSSR count). The van der Waals surface area contributed by atoms with Gasteiger partial charge in [0.15, 0.2) is 0 Å². The number of aryl methyl sites for hydroxylation is 1. The molecule has 164 valence electrons. The van der Waals surface area contributed by atoms with E-state index in [1.54, 1.807) is 41.4 Å². The number of carbonyl (C=O) groups excluding carboxylic acids is 2. The minimum atomic E-state index is -0.434. The fraction of sp³-hybridized carbons (Fsp3) is 0.435. The number of pyridine rings is 1. The third-order valence-electron chi connectivity index (χ3n) is 7.06. The lowest BCUT2D eigenvalue weighted by molar-refractivity contribution is -0.136. The zero-order chi connectivity index (χ0) is 21.9. The van der Waals surface area contributed by atoms with Gasteiger partial charge in [-0.3, -0.25) is 19.3 Å². The molecule has 0 aromatic carbocycles. The first-order valence-corrected chi connectivity index (χ1v) is 11.0. The van der Waals surface area contributed by atoms with Crippen molar-refractivity contribution in [3.05, 3.63) is 53.8 Å². The number of rotatable bonds is 3. The molecule has 1 spiro atoms. The molecular weight excluding hydrogens is 408 g/mol. The van der Waals surface area contributed by atoms with Crippen molar-refractivity contribution in [3.63, 3.8) is 0 Å². The van der Waals surface area contributed by atoms with E-state index in [9.17, 15) is 9.59 Å². The van der Waals surface area contributed by atoms with Gasteiger partial charge in [0.2, 0.25) is 5.91 Å². The summed E-state index contributed by atoms with van der Waals surface area (Å²) in [7, 11) is 1.79. The van der Waals surface area contributed by atoms with E-state index in [2.05, 4.69) is 15.2 Å². The summed E-state index contributed by atoms with van der Waals surface area (Å²) in [5.41, 5.74) is 3.26. The van der Waals surface area contributed by atoms with Crippen LogP contribution in [-0.2, 0) is 24.8 Å². The number of amides is 2. The zero-order valence-corrected chi connectivity index (χ0v) is 17.9. The van der Waals surface area contributed by atoms with E-state index >= 15 is 0 Å². The highest BCUT2D eigenvalue weighted by Gasteiger charge is 2.56. The van der Waals surface area contributed by atoms with Crippen molar-refractivity contribution < 1.29 is 14.1 Å². The molecule has 0 N–H and O–H groups in total. The molecule has 9 nitrogen and oxygen atoms in total. The van der Waals surface area contributed by atoms with Crippen LogP contribution in [0, 0.1) is 5.41 Å². The highest BCUT2D eigenvalue weighted by atomic mass is 16.5. The molecule has 32 heavy (non-hydrogen) atoms. The highest BCUT2D eigenvalue weighted by molar-refractivity contribution is 5.98. The van der Waals surface area contributed by atoms with Crippen LogP contribution in [0.2, 0.25) is 0 Å². The molecule has 0 bridgehead atoms. The Morgan fingerprint density at radius 1 is 1.22 bits per heavy atom. The van der Waals surface area contributed by atoms with Gasteiger partial charge in [-0.25, -0.2) is 0 Å². The minimum absolute atomic E-state index is 0.0125. The Kier molecular flexibility index (Phi) is 4.21. The summed E-state index contributed by atoms with van der Waals surface area (Å²) in [6, 6.07) is 3.35. The van der Waals surface area contributed by atoms with Crippen LogP contribution in [0.4, 0.5) is 0 Å². The molecule has 1 saturated carbocycles. The first kappa shape index (κ1) is 19.2. The summed E-state index contributed by atoms with van der Waals surface area (Å²) >= 11 is 0. The lowest BCUT2D eigenvalue weighted by Gasteiger charge is -2.32. The first-order valence-electron chi connectivity index (χ1n) is 11.0. The molecule has 2 amide bonds. The Morgan fingerprint density at radius 3 is 2.75 bits per heavy atom. The maximum Gasteiger partial charge on any atom is 0.257 e. The summed E-state index contributed by atoms with van der Waals surface area (Å²) in [5.74, 6) is 0.730. The first-order chi connectivity index (χ1) is 15.5. The second-order valence-electron chi connectivity index (χ2n) is 9.23. The summed E-state index contributed by atoms with van der Waals surface area (Å²) in [4.78, 5) is 34.6. The van der Waals surface area contributed by atoms with Crippen molar-refractivity contribution in [3.8, 4) is 11.3 Å². The van der Waals surface area contributed by atoms with E-state index < -0.39 is 6.04 Å². The summed E-state index contributed by atoms with van der Waals surface area (Å²) in [5, 5.41) is 8.39. The van der Waals surface area contributed by atoms with Gasteiger partial charge in [-0.05, 0) is 36.8 Å². The van der Waals surface area contributed by atoms with Crippen molar-refractivity contribution in [2.75, 3.05) is 13.1 Å². The van der Waals surface area contributed by atoms with E-state index in [4.69, 9.17) is 4.52 Å². The van der Waals surface area contributed by atoms with Gasteiger partial charge in [-0.2, -0.15) is 5.10 Å². The number of fused-ring (bicyclic) bond motifs is 1. The second kappa shape index (κ2) is 7.01. The van der Waals surface area contributed by atoms with Crippen LogP contribution in [0.5, 0.6) is 0 Å². The fourth-order valence-corrected chi connectivity index (χ4v) is 5.07. The van der Waals surface area contributed by atoms with E-state index in [0.717, 1.165) is 41.8 Å². The molecule has 9 heteroatoms. The number of hydrogen-bond donors (Lipinski definition) is 0. The molecule has 2 fully saturated rings. The monoisotopic (exact) mass is 432 g/mol. The van der Waals surface area contributed by atoms with Crippen LogP contribution in [0.1, 0.15) is 40.9 Å². The van der Waals surface area contributed by atoms with Crippen LogP contribution in [0.3, 0.4) is 0 Å². The highest BCUT2D eigenvalue weighted by Crippen LogP contribution is 2.55. The van der Waals surface area contributed by atoms with Crippen molar-refractivity contribution in [2.24, 2.45) is 12.5 Å². The number of likely N-dealkylation sites (tertiary alicyclic amines) is 1. The van der Waals surface area contributed by atoms with Crippen LogP contribution < -0.4 is 0 Å².